The largest absolute Gasteiger partial charge is 0.496 e. The molecule has 1 aromatic carbocycles. The van der Waals surface area contributed by atoms with Gasteiger partial charge < -0.3 is 15.8 Å². The molecule has 2 unspecified atom stereocenters. The lowest BCUT2D eigenvalue weighted by Crippen LogP contribution is -2.32. The Morgan fingerprint density at radius 1 is 1.47 bits per heavy atom. The van der Waals surface area contributed by atoms with E-state index in [9.17, 15) is 9.18 Å². The zero-order valence-electron chi connectivity index (χ0n) is 11.6. The number of hydrogen-bond donors (Lipinski definition) is 2. The maximum absolute atomic E-state index is 13.3. The number of carbonyl (C=O) groups excluding carboxylic acids is 1. The van der Waals surface area contributed by atoms with Crippen molar-refractivity contribution in [2.45, 2.75) is 26.3 Å². The third kappa shape index (κ3) is 4.21. The van der Waals surface area contributed by atoms with Crippen LogP contribution in [0.1, 0.15) is 31.9 Å². The van der Waals surface area contributed by atoms with Crippen LogP contribution >= 0.6 is 0 Å². The summed E-state index contributed by atoms with van der Waals surface area (Å²) in [6.45, 7) is 4.08. The molecule has 0 aliphatic carbocycles. The molecular formula is C14H21FN2O2. The summed E-state index contributed by atoms with van der Waals surface area (Å²) >= 11 is 0. The summed E-state index contributed by atoms with van der Waals surface area (Å²) in [4.78, 5) is 11.9. The molecular weight excluding hydrogens is 247 g/mol. The fourth-order valence-corrected chi connectivity index (χ4v) is 1.86. The maximum Gasteiger partial charge on any atom is 0.223 e. The molecule has 0 bridgehead atoms. The van der Waals surface area contributed by atoms with Gasteiger partial charge in [-0.3, -0.25) is 4.79 Å². The molecule has 0 fully saturated rings. The summed E-state index contributed by atoms with van der Waals surface area (Å²) < 4.78 is 18.4. The van der Waals surface area contributed by atoms with E-state index >= 15 is 0 Å². The van der Waals surface area contributed by atoms with Crippen molar-refractivity contribution in [1.82, 2.24) is 5.32 Å². The fraction of sp³-hybridized carbons (Fsp3) is 0.500. The van der Waals surface area contributed by atoms with Crippen molar-refractivity contribution in [3.8, 4) is 5.75 Å². The van der Waals surface area contributed by atoms with Gasteiger partial charge in [-0.25, -0.2) is 4.39 Å². The van der Waals surface area contributed by atoms with Gasteiger partial charge in [0, 0.05) is 11.5 Å². The van der Waals surface area contributed by atoms with Crippen LogP contribution < -0.4 is 15.8 Å². The molecule has 0 radical (unpaired) electrons. The molecule has 0 heterocycles. The van der Waals surface area contributed by atoms with E-state index in [1.54, 1.807) is 13.0 Å². The van der Waals surface area contributed by atoms with Crippen LogP contribution in [0.5, 0.6) is 5.75 Å². The predicted molar refractivity (Wildman–Crippen MR) is 72.3 cm³/mol. The molecule has 0 aromatic heterocycles. The number of hydrogen-bond acceptors (Lipinski definition) is 3. The van der Waals surface area contributed by atoms with Crippen LogP contribution in [0.3, 0.4) is 0 Å². The monoisotopic (exact) mass is 268 g/mol. The molecule has 0 spiro atoms. The smallest absolute Gasteiger partial charge is 0.223 e. The Kier molecular flexibility index (Phi) is 5.76. The summed E-state index contributed by atoms with van der Waals surface area (Å²) in [5.41, 5.74) is 6.05. The maximum atomic E-state index is 13.3. The number of methoxy groups -OCH3 is 1. The van der Waals surface area contributed by atoms with Crippen molar-refractivity contribution in [2.75, 3.05) is 13.7 Å². The number of nitrogens with one attached hydrogen (secondary N) is 1. The molecule has 1 amide bonds. The third-order valence-electron chi connectivity index (χ3n) is 3.06. The van der Waals surface area contributed by atoms with Crippen molar-refractivity contribution >= 4 is 5.91 Å². The molecule has 0 saturated carbocycles. The van der Waals surface area contributed by atoms with Crippen molar-refractivity contribution in [1.29, 1.82) is 0 Å². The number of ether oxygens (including phenoxy) is 1. The van der Waals surface area contributed by atoms with Gasteiger partial charge in [-0.2, -0.15) is 0 Å². The Bertz CT molecular complexity index is 437. The second-order valence-electron chi connectivity index (χ2n) is 4.59. The molecule has 4 nitrogen and oxygen atoms in total. The normalized spacial score (nSPS) is 13.7. The van der Waals surface area contributed by atoms with Gasteiger partial charge in [0.15, 0.2) is 0 Å². The highest BCUT2D eigenvalue weighted by atomic mass is 19.1. The lowest BCUT2D eigenvalue weighted by atomic mass is 10.0. The van der Waals surface area contributed by atoms with Gasteiger partial charge in [-0.1, -0.05) is 6.92 Å². The number of halogens is 1. The topological polar surface area (TPSA) is 64.3 Å². The highest BCUT2D eigenvalue weighted by molar-refractivity contribution is 5.78. The molecule has 0 aliphatic heterocycles. The van der Waals surface area contributed by atoms with E-state index in [4.69, 9.17) is 10.5 Å². The Morgan fingerprint density at radius 3 is 2.74 bits per heavy atom. The van der Waals surface area contributed by atoms with E-state index in [0.717, 1.165) is 0 Å². The average Bonchev–Trinajstić information content (AvgIpc) is 2.38. The van der Waals surface area contributed by atoms with E-state index in [1.165, 1.54) is 19.2 Å². The second-order valence-corrected chi connectivity index (χ2v) is 4.59. The summed E-state index contributed by atoms with van der Waals surface area (Å²) in [7, 11) is 1.52. The molecule has 106 valence electrons. The van der Waals surface area contributed by atoms with Crippen LogP contribution in [0, 0.1) is 11.7 Å². The van der Waals surface area contributed by atoms with Crippen LogP contribution in [0.15, 0.2) is 18.2 Å². The molecule has 0 aliphatic rings. The van der Waals surface area contributed by atoms with Gasteiger partial charge in [-0.15, -0.1) is 0 Å². The molecule has 2 atom stereocenters. The minimum Gasteiger partial charge on any atom is -0.496 e. The minimum absolute atomic E-state index is 0.0933. The van der Waals surface area contributed by atoms with Crippen LogP contribution in [-0.4, -0.2) is 19.6 Å². The molecule has 5 heteroatoms. The van der Waals surface area contributed by atoms with Crippen molar-refractivity contribution in [2.24, 2.45) is 11.7 Å². The summed E-state index contributed by atoms with van der Waals surface area (Å²) in [6, 6.07) is 3.93. The van der Waals surface area contributed by atoms with E-state index in [0.29, 0.717) is 24.3 Å². The van der Waals surface area contributed by atoms with Crippen LogP contribution in [0.25, 0.3) is 0 Å². The van der Waals surface area contributed by atoms with Crippen LogP contribution in [0.2, 0.25) is 0 Å². The standard InChI is InChI=1S/C14H21FN2O2/c1-9(6-7-16)14(18)17-10(2)12-8-11(15)4-5-13(12)19-3/h4-5,8-10H,6-7,16H2,1-3H3,(H,17,18). The van der Waals surface area contributed by atoms with E-state index in [2.05, 4.69) is 5.32 Å². The first-order valence-electron chi connectivity index (χ1n) is 6.33. The fourth-order valence-electron chi connectivity index (χ4n) is 1.86. The van der Waals surface area contributed by atoms with Gasteiger partial charge in [0.2, 0.25) is 5.91 Å². The predicted octanol–water partition coefficient (Wildman–Crippen LogP) is 2.00. The van der Waals surface area contributed by atoms with Gasteiger partial charge in [0.1, 0.15) is 11.6 Å². The first-order valence-corrected chi connectivity index (χ1v) is 6.33. The van der Waals surface area contributed by atoms with Gasteiger partial charge >= 0.3 is 0 Å². The Balaban J connectivity index is 2.80. The van der Waals surface area contributed by atoms with Crippen molar-refractivity contribution in [3.05, 3.63) is 29.6 Å². The number of rotatable bonds is 6. The van der Waals surface area contributed by atoms with Crippen molar-refractivity contribution < 1.29 is 13.9 Å². The second kappa shape index (κ2) is 7.09. The third-order valence-corrected chi connectivity index (χ3v) is 3.06. The van der Waals surface area contributed by atoms with E-state index in [1.807, 2.05) is 6.92 Å². The quantitative estimate of drug-likeness (QED) is 0.829. The van der Waals surface area contributed by atoms with Gasteiger partial charge in [0.25, 0.3) is 0 Å². The van der Waals surface area contributed by atoms with E-state index < -0.39 is 0 Å². The lowest BCUT2D eigenvalue weighted by Gasteiger charge is -2.19. The van der Waals surface area contributed by atoms with Gasteiger partial charge in [0.05, 0.1) is 13.2 Å². The molecule has 19 heavy (non-hydrogen) atoms. The molecule has 1 aromatic rings. The average molecular weight is 268 g/mol. The first-order chi connectivity index (χ1) is 8.99. The highest BCUT2D eigenvalue weighted by Gasteiger charge is 2.18. The molecule has 3 N–H and O–H groups in total. The zero-order valence-corrected chi connectivity index (χ0v) is 11.6. The number of amides is 1. The summed E-state index contributed by atoms with van der Waals surface area (Å²) in [5.74, 6) is -0.0520. The highest BCUT2D eigenvalue weighted by Crippen LogP contribution is 2.26. The summed E-state index contributed by atoms with van der Waals surface area (Å²) in [5, 5.41) is 2.84. The van der Waals surface area contributed by atoms with Crippen LogP contribution in [0.4, 0.5) is 4.39 Å². The molecule has 0 saturated heterocycles. The minimum atomic E-state index is -0.355. The Hall–Kier alpha value is -1.62. The summed E-state index contributed by atoms with van der Waals surface area (Å²) in [6.07, 6.45) is 0.624. The zero-order chi connectivity index (χ0) is 14.4. The molecule has 1 rings (SSSR count). The van der Waals surface area contributed by atoms with Crippen molar-refractivity contribution in [3.63, 3.8) is 0 Å². The van der Waals surface area contributed by atoms with E-state index in [-0.39, 0.29) is 23.7 Å². The number of nitrogens with two attached hydrogens (primary N) is 1. The lowest BCUT2D eigenvalue weighted by molar-refractivity contribution is -0.125. The Labute approximate surface area is 113 Å². The SMILES string of the molecule is COc1ccc(F)cc1C(C)NC(=O)C(C)CCN. The Morgan fingerprint density at radius 2 is 2.16 bits per heavy atom. The number of benzene rings is 1. The number of carbonyl (C=O) groups is 1. The van der Waals surface area contributed by atoms with Crippen LogP contribution in [-0.2, 0) is 4.79 Å². The first kappa shape index (κ1) is 15.4. The van der Waals surface area contributed by atoms with Gasteiger partial charge in [-0.05, 0) is 38.1 Å².